The molecule has 0 spiro atoms. The van der Waals surface area contributed by atoms with Crippen LogP contribution in [0.5, 0.6) is 0 Å². The highest BCUT2D eigenvalue weighted by Gasteiger charge is 2.19. The van der Waals surface area contributed by atoms with Crippen LogP contribution >= 0.6 is 22.7 Å². The van der Waals surface area contributed by atoms with Crippen molar-refractivity contribution in [1.82, 2.24) is 0 Å². The van der Waals surface area contributed by atoms with Crippen LogP contribution in [0.2, 0.25) is 0 Å². The molecule has 0 nitrogen and oxygen atoms in total. The van der Waals surface area contributed by atoms with Gasteiger partial charge in [-0.15, -0.1) is 22.7 Å². The van der Waals surface area contributed by atoms with Crippen LogP contribution in [0.4, 0.5) is 0 Å². The Balaban J connectivity index is 1.04. The van der Waals surface area contributed by atoms with Crippen molar-refractivity contribution in [3.05, 3.63) is 182 Å². The normalized spacial score (nSPS) is 12.1. The zero-order valence-corrected chi connectivity index (χ0v) is 30.8. The number of hydrogen-bond donors (Lipinski definition) is 0. The summed E-state index contributed by atoms with van der Waals surface area (Å²) in [4.78, 5) is 0. The van der Waals surface area contributed by atoms with E-state index in [-0.39, 0.29) is 0 Å². The lowest BCUT2D eigenvalue weighted by atomic mass is 9.84. The van der Waals surface area contributed by atoms with Crippen LogP contribution in [0.25, 0.3) is 117 Å². The Labute approximate surface area is 319 Å². The second-order valence-electron chi connectivity index (χ2n) is 14.3. The van der Waals surface area contributed by atoms with Gasteiger partial charge in [-0.05, 0) is 101 Å². The molecule has 0 saturated heterocycles. The van der Waals surface area contributed by atoms with Gasteiger partial charge in [0.2, 0.25) is 0 Å². The topological polar surface area (TPSA) is 0 Å². The number of thiophene rings is 2. The van der Waals surface area contributed by atoms with Crippen LogP contribution in [0.15, 0.2) is 182 Å². The molecule has 2 aromatic heterocycles. The monoisotopic (exact) mass is 718 g/mol. The zero-order valence-electron chi connectivity index (χ0n) is 29.1. The van der Waals surface area contributed by atoms with Gasteiger partial charge in [0.25, 0.3) is 0 Å². The summed E-state index contributed by atoms with van der Waals surface area (Å²) in [5.74, 6) is 0. The number of hydrogen-bond acceptors (Lipinski definition) is 2. The maximum atomic E-state index is 2.41. The predicted molar refractivity (Wildman–Crippen MR) is 239 cm³/mol. The first-order chi connectivity index (χ1) is 26.8. The lowest BCUT2D eigenvalue weighted by Gasteiger charge is -2.19. The molecular formula is C52H30S2. The quantitative estimate of drug-likeness (QED) is 0.160. The molecule has 0 bridgehead atoms. The molecule has 0 aliphatic carbocycles. The fourth-order valence-electron chi connectivity index (χ4n) is 9.07. The third-order valence-electron chi connectivity index (χ3n) is 11.4. The zero-order chi connectivity index (χ0) is 35.3. The summed E-state index contributed by atoms with van der Waals surface area (Å²) in [5.41, 5.74) is 7.56. The molecule has 54 heavy (non-hydrogen) atoms. The van der Waals surface area contributed by atoms with Gasteiger partial charge in [-0.2, -0.15) is 0 Å². The van der Waals surface area contributed by atoms with Gasteiger partial charge in [0.15, 0.2) is 0 Å². The van der Waals surface area contributed by atoms with Crippen molar-refractivity contribution in [2.75, 3.05) is 0 Å². The molecular weight excluding hydrogens is 689 g/mol. The number of fused-ring (bicyclic) bond motifs is 12. The van der Waals surface area contributed by atoms with Crippen LogP contribution in [-0.2, 0) is 0 Å². The third-order valence-corrected chi connectivity index (χ3v) is 13.8. The van der Waals surface area contributed by atoms with Gasteiger partial charge in [-0.1, -0.05) is 152 Å². The van der Waals surface area contributed by atoms with E-state index in [0.29, 0.717) is 0 Å². The van der Waals surface area contributed by atoms with Crippen molar-refractivity contribution < 1.29 is 0 Å². The molecule has 0 saturated carbocycles. The lowest BCUT2D eigenvalue weighted by molar-refractivity contribution is 1.63. The first-order valence-corrected chi connectivity index (χ1v) is 20.1. The molecule has 0 fully saturated rings. The van der Waals surface area contributed by atoms with Crippen LogP contribution in [0.3, 0.4) is 0 Å². The van der Waals surface area contributed by atoms with E-state index in [1.54, 1.807) is 0 Å². The maximum absolute atomic E-state index is 2.41. The summed E-state index contributed by atoms with van der Waals surface area (Å²) < 4.78 is 5.41. The third kappa shape index (κ3) is 4.36. The molecule has 0 radical (unpaired) electrons. The van der Waals surface area contributed by atoms with E-state index in [0.717, 1.165) is 0 Å². The van der Waals surface area contributed by atoms with Crippen LogP contribution in [0.1, 0.15) is 0 Å². The largest absolute Gasteiger partial charge is 0.135 e. The van der Waals surface area contributed by atoms with E-state index < -0.39 is 0 Å². The van der Waals surface area contributed by atoms with Gasteiger partial charge in [0.05, 0.1) is 0 Å². The molecule has 2 heteroatoms. The van der Waals surface area contributed by atoms with E-state index in [1.807, 2.05) is 22.7 Å². The summed E-state index contributed by atoms with van der Waals surface area (Å²) in [5, 5.41) is 15.7. The minimum absolute atomic E-state index is 1.23. The van der Waals surface area contributed by atoms with Crippen LogP contribution in [-0.4, -0.2) is 0 Å². The van der Waals surface area contributed by atoms with Crippen molar-refractivity contribution >= 4 is 106 Å². The van der Waals surface area contributed by atoms with Gasteiger partial charge >= 0.3 is 0 Å². The van der Waals surface area contributed by atoms with Gasteiger partial charge in [0, 0.05) is 45.7 Å². The molecule has 0 N–H and O–H groups in total. The highest BCUT2D eigenvalue weighted by molar-refractivity contribution is 7.27. The standard InChI is InChI=1S/C52H30S2/c1-2-15-35-31(11-1)12-10-21-36(35)50-39-18-5-3-16-37(39)49(38-17-4-6-19-40(38)50)34-14-9-13-32(29-34)33-23-27-47-45(30-33)43-25-24-41-42(52(43)54-47)26-28-48-51(41)44-20-7-8-22-46(44)53-48/h1-30H. The van der Waals surface area contributed by atoms with Crippen LogP contribution in [0, 0.1) is 0 Å². The van der Waals surface area contributed by atoms with Crippen molar-refractivity contribution in [2.45, 2.75) is 0 Å². The Bertz CT molecular complexity index is 3440. The Morgan fingerprint density at radius 3 is 1.65 bits per heavy atom. The Morgan fingerprint density at radius 1 is 0.278 bits per heavy atom. The summed E-state index contributed by atoms with van der Waals surface area (Å²) in [7, 11) is 0. The summed E-state index contributed by atoms with van der Waals surface area (Å²) in [6.45, 7) is 0. The van der Waals surface area contributed by atoms with Gasteiger partial charge in [-0.3, -0.25) is 0 Å². The van der Waals surface area contributed by atoms with E-state index in [9.17, 15) is 0 Å². The first-order valence-electron chi connectivity index (χ1n) is 18.5. The average molecular weight is 719 g/mol. The molecule has 0 atom stereocenters. The minimum atomic E-state index is 1.23. The highest BCUT2D eigenvalue weighted by atomic mass is 32.1. The lowest BCUT2D eigenvalue weighted by Crippen LogP contribution is -1.92. The number of rotatable bonds is 3. The molecule has 12 rings (SSSR count). The molecule has 0 amide bonds. The molecule has 0 unspecified atom stereocenters. The average Bonchev–Trinajstić information content (AvgIpc) is 3.81. The van der Waals surface area contributed by atoms with Gasteiger partial charge < -0.3 is 0 Å². The maximum Gasteiger partial charge on any atom is 0.0434 e. The molecule has 2 heterocycles. The summed E-state index contributed by atoms with van der Waals surface area (Å²) in [6.07, 6.45) is 0. The van der Waals surface area contributed by atoms with Crippen LogP contribution < -0.4 is 0 Å². The molecule has 250 valence electrons. The van der Waals surface area contributed by atoms with E-state index in [2.05, 4.69) is 182 Å². The van der Waals surface area contributed by atoms with E-state index in [4.69, 9.17) is 0 Å². The molecule has 0 aliphatic rings. The Hall–Kier alpha value is -6.32. The molecule has 10 aromatic carbocycles. The van der Waals surface area contributed by atoms with Crippen molar-refractivity contribution in [1.29, 1.82) is 0 Å². The number of benzene rings is 10. The Morgan fingerprint density at radius 2 is 0.833 bits per heavy atom. The smallest absolute Gasteiger partial charge is 0.0434 e. The van der Waals surface area contributed by atoms with Crippen molar-refractivity contribution in [2.24, 2.45) is 0 Å². The Kier molecular flexibility index (Phi) is 6.48. The second kappa shape index (κ2) is 11.6. The van der Waals surface area contributed by atoms with Crippen molar-refractivity contribution in [3.63, 3.8) is 0 Å². The summed E-state index contributed by atoms with van der Waals surface area (Å²) in [6, 6.07) is 67.8. The van der Waals surface area contributed by atoms with E-state index in [1.165, 1.54) is 117 Å². The first kappa shape index (κ1) is 30.2. The highest BCUT2D eigenvalue weighted by Crippen LogP contribution is 2.47. The summed E-state index contributed by atoms with van der Waals surface area (Å²) >= 11 is 3.81. The molecule has 0 aliphatic heterocycles. The fourth-order valence-corrected chi connectivity index (χ4v) is 11.4. The fraction of sp³-hybridized carbons (Fsp3) is 0. The van der Waals surface area contributed by atoms with Gasteiger partial charge in [-0.25, -0.2) is 0 Å². The predicted octanol–water partition coefficient (Wildman–Crippen LogP) is 16.0. The second-order valence-corrected chi connectivity index (χ2v) is 16.5. The van der Waals surface area contributed by atoms with Gasteiger partial charge in [0.1, 0.15) is 0 Å². The van der Waals surface area contributed by atoms with Crippen molar-refractivity contribution in [3.8, 4) is 33.4 Å². The minimum Gasteiger partial charge on any atom is -0.135 e. The molecule has 12 aromatic rings. The SMILES string of the molecule is c1cc(-c2ccc3sc4c(ccc5c4ccc4sc6ccccc6c45)c3c2)cc(-c2c3ccccc3c(-c3cccc4ccccc34)c3ccccc23)c1. The van der Waals surface area contributed by atoms with E-state index >= 15 is 0 Å².